The summed E-state index contributed by atoms with van der Waals surface area (Å²) < 4.78 is 5.85. The van der Waals surface area contributed by atoms with E-state index in [9.17, 15) is 9.59 Å². The van der Waals surface area contributed by atoms with E-state index in [2.05, 4.69) is 17.4 Å². The second kappa shape index (κ2) is 11.4. The van der Waals surface area contributed by atoms with Gasteiger partial charge in [-0.25, -0.2) is 0 Å². The quantitative estimate of drug-likeness (QED) is 0.423. The molecule has 1 atom stereocenters. The largest absolute Gasteiger partial charge is 0.457 e. The van der Waals surface area contributed by atoms with Gasteiger partial charge in [0.25, 0.3) is 5.91 Å². The number of benzene rings is 3. The summed E-state index contributed by atoms with van der Waals surface area (Å²) in [6, 6.07) is 23.8. The molecule has 1 aliphatic rings. The van der Waals surface area contributed by atoms with Crippen LogP contribution in [0.15, 0.2) is 78.9 Å². The highest BCUT2D eigenvalue weighted by Gasteiger charge is 2.31. The van der Waals surface area contributed by atoms with Crippen molar-refractivity contribution < 1.29 is 14.3 Å². The van der Waals surface area contributed by atoms with Gasteiger partial charge in [0.1, 0.15) is 17.5 Å². The topological polar surface area (TPSA) is 58.6 Å². The molecule has 182 valence electrons. The molecule has 1 unspecified atom stereocenters. The Hall–Kier alpha value is -3.31. The third kappa shape index (κ3) is 6.43. The molecule has 0 radical (unpaired) electrons. The van der Waals surface area contributed by atoms with Gasteiger partial charge >= 0.3 is 0 Å². The van der Waals surface area contributed by atoms with Crippen LogP contribution in [0.25, 0.3) is 0 Å². The van der Waals surface area contributed by atoms with Gasteiger partial charge < -0.3 is 15.0 Å². The lowest BCUT2D eigenvalue weighted by Gasteiger charge is -2.35. The van der Waals surface area contributed by atoms with Crippen LogP contribution in [-0.2, 0) is 4.79 Å². The number of carbonyl (C=O) groups is 2. The number of hydrogen-bond acceptors (Lipinski definition) is 3. The van der Waals surface area contributed by atoms with Crippen molar-refractivity contribution in [1.82, 2.24) is 10.2 Å². The third-order valence-corrected chi connectivity index (χ3v) is 6.69. The molecule has 0 spiro atoms. The lowest BCUT2D eigenvalue weighted by Crippen LogP contribution is -2.52. The first-order chi connectivity index (χ1) is 16.9. The van der Waals surface area contributed by atoms with Crippen LogP contribution in [0.2, 0.25) is 5.02 Å². The Morgan fingerprint density at radius 3 is 2.23 bits per heavy atom. The van der Waals surface area contributed by atoms with Gasteiger partial charge in [0.2, 0.25) is 5.91 Å². The van der Waals surface area contributed by atoms with E-state index < -0.39 is 6.04 Å². The molecule has 1 N–H and O–H groups in total. The number of nitrogens with one attached hydrogen (secondary N) is 1. The number of halogens is 1. The van der Waals surface area contributed by atoms with Gasteiger partial charge in [-0.2, -0.15) is 0 Å². The first-order valence-electron chi connectivity index (χ1n) is 12.1. The highest BCUT2D eigenvalue weighted by Crippen LogP contribution is 2.29. The fraction of sp³-hybridized carbons (Fsp3) is 0.310. The zero-order valence-electron chi connectivity index (χ0n) is 20.1. The second-order valence-electron chi connectivity index (χ2n) is 9.29. The summed E-state index contributed by atoms with van der Waals surface area (Å²) in [7, 11) is 0. The summed E-state index contributed by atoms with van der Waals surface area (Å²) in [6.07, 6.45) is 1.79. The molecule has 0 bridgehead atoms. The highest BCUT2D eigenvalue weighted by atomic mass is 35.5. The first kappa shape index (κ1) is 24.8. The molecule has 35 heavy (non-hydrogen) atoms. The SMILES string of the molecule is CC(C)C(NC(=O)c1cccc(Oc2ccccc2)c1)C(=O)N1CCC(c2ccc(Cl)cc2)CC1. The number of hydrogen-bond donors (Lipinski definition) is 1. The fourth-order valence-corrected chi connectivity index (χ4v) is 4.55. The van der Waals surface area contributed by atoms with Crippen LogP contribution in [0.5, 0.6) is 11.5 Å². The van der Waals surface area contributed by atoms with Gasteiger partial charge in [-0.05, 0) is 72.7 Å². The first-order valence-corrected chi connectivity index (χ1v) is 12.5. The Kier molecular flexibility index (Phi) is 8.09. The molecule has 2 amide bonds. The molecule has 0 aliphatic carbocycles. The van der Waals surface area contributed by atoms with Crippen LogP contribution in [0.4, 0.5) is 0 Å². The number of amides is 2. The molecule has 0 aromatic heterocycles. The minimum absolute atomic E-state index is 0.0282. The van der Waals surface area contributed by atoms with Crippen molar-refractivity contribution in [2.24, 2.45) is 5.92 Å². The molecule has 5 nitrogen and oxygen atoms in total. The Labute approximate surface area is 212 Å². The summed E-state index contributed by atoms with van der Waals surface area (Å²) in [5.41, 5.74) is 1.71. The predicted molar refractivity (Wildman–Crippen MR) is 139 cm³/mol. The number of piperidine rings is 1. The normalized spacial score (nSPS) is 15.0. The minimum atomic E-state index is -0.590. The van der Waals surface area contributed by atoms with E-state index >= 15 is 0 Å². The van der Waals surface area contributed by atoms with Crippen LogP contribution in [0.1, 0.15) is 48.5 Å². The van der Waals surface area contributed by atoms with E-state index in [-0.39, 0.29) is 17.7 Å². The lowest BCUT2D eigenvalue weighted by molar-refractivity contribution is -0.135. The Morgan fingerprint density at radius 1 is 0.914 bits per heavy atom. The van der Waals surface area contributed by atoms with Crippen molar-refractivity contribution in [3.05, 3.63) is 95.0 Å². The van der Waals surface area contributed by atoms with Crippen LogP contribution >= 0.6 is 11.6 Å². The molecule has 3 aromatic rings. The van der Waals surface area contributed by atoms with Crippen LogP contribution in [0, 0.1) is 5.92 Å². The molecule has 4 rings (SSSR count). The Morgan fingerprint density at radius 2 is 1.57 bits per heavy atom. The van der Waals surface area contributed by atoms with Gasteiger partial charge in [0, 0.05) is 23.7 Å². The molecule has 1 aliphatic heterocycles. The average molecular weight is 491 g/mol. The van der Waals surface area contributed by atoms with Crippen LogP contribution < -0.4 is 10.1 Å². The number of rotatable bonds is 7. The standard InChI is InChI=1S/C29H31ClN2O3/c1-20(2)27(29(34)32-17-15-22(16-18-32)21-11-13-24(30)14-12-21)31-28(33)23-7-6-10-26(19-23)35-25-8-4-3-5-9-25/h3-14,19-20,22,27H,15-18H2,1-2H3,(H,31,33). The zero-order valence-corrected chi connectivity index (χ0v) is 20.9. The molecule has 3 aromatic carbocycles. The maximum atomic E-state index is 13.4. The lowest BCUT2D eigenvalue weighted by atomic mass is 9.89. The molecule has 1 fully saturated rings. The molecular weight excluding hydrogens is 460 g/mol. The number of carbonyl (C=O) groups excluding carboxylic acids is 2. The maximum Gasteiger partial charge on any atom is 0.252 e. The second-order valence-corrected chi connectivity index (χ2v) is 9.73. The summed E-state index contributed by atoms with van der Waals surface area (Å²) in [4.78, 5) is 28.3. The third-order valence-electron chi connectivity index (χ3n) is 6.44. The summed E-state index contributed by atoms with van der Waals surface area (Å²) in [5, 5.41) is 3.70. The van der Waals surface area contributed by atoms with E-state index in [0.717, 1.165) is 17.9 Å². The smallest absolute Gasteiger partial charge is 0.252 e. The van der Waals surface area contributed by atoms with Crippen LogP contribution in [-0.4, -0.2) is 35.8 Å². The van der Waals surface area contributed by atoms with E-state index in [1.165, 1.54) is 5.56 Å². The van der Waals surface area contributed by atoms with Gasteiger partial charge in [-0.15, -0.1) is 0 Å². The number of nitrogens with zero attached hydrogens (tertiary/aromatic N) is 1. The predicted octanol–water partition coefficient (Wildman–Crippen LogP) is 6.29. The zero-order chi connectivity index (χ0) is 24.8. The average Bonchev–Trinajstić information content (AvgIpc) is 2.88. The Bertz CT molecular complexity index is 1140. The van der Waals surface area contributed by atoms with Crippen LogP contribution in [0.3, 0.4) is 0 Å². The van der Waals surface area contributed by atoms with Crippen molar-refractivity contribution in [3.8, 4) is 11.5 Å². The molecule has 1 heterocycles. The van der Waals surface area contributed by atoms with Crippen molar-refractivity contribution in [3.63, 3.8) is 0 Å². The maximum absolute atomic E-state index is 13.4. The molecule has 1 saturated heterocycles. The summed E-state index contributed by atoms with van der Waals surface area (Å²) in [6.45, 7) is 5.26. The summed E-state index contributed by atoms with van der Waals surface area (Å²) in [5.74, 6) is 1.33. The van der Waals surface area contributed by atoms with Crippen molar-refractivity contribution in [2.45, 2.75) is 38.6 Å². The minimum Gasteiger partial charge on any atom is -0.457 e. The summed E-state index contributed by atoms with van der Waals surface area (Å²) >= 11 is 6.02. The number of ether oxygens (including phenoxy) is 1. The fourth-order valence-electron chi connectivity index (χ4n) is 4.43. The van der Waals surface area contributed by atoms with Crippen molar-refractivity contribution >= 4 is 23.4 Å². The molecular formula is C29H31ClN2O3. The van der Waals surface area contributed by atoms with Crippen molar-refractivity contribution in [1.29, 1.82) is 0 Å². The van der Waals surface area contributed by atoms with Gasteiger partial charge in [0.15, 0.2) is 0 Å². The van der Waals surface area contributed by atoms with E-state index in [1.807, 2.05) is 61.2 Å². The Balaban J connectivity index is 1.38. The van der Waals surface area contributed by atoms with Crippen molar-refractivity contribution in [2.75, 3.05) is 13.1 Å². The van der Waals surface area contributed by atoms with Gasteiger partial charge in [0.05, 0.1) is 0 Å². The molecule has 0 saturated carbocycles. The monoisotopic (exact) mass is 490 g/mol. The van der Waals surface area contributed by atoms with E-state index in [0.29, 0.717) is 36.1 Å². The van der Waals surface area contributed by atoms with E-state index in [4.69, 9.17) is 16.3 Å². The van der Waals surface area contributed by atoms with Gasteiger partial charge in [-0.3, -0.25) is 9.59 Å². The van der Waals surface area contributed by atoms with E-state index in [1.54, 1.807) is 24.3 Å². The molecule has 6 heteroatoms. The van der Waals surface area contributed by atoms with Gasteiger partial charge in [-0.1, -0.05) is 61.8 Å². The number of likely N-dealkylation sites (tertiary alicyclic amines) is 1. The highest BCUT2D eigenvalue weighted by molar-refractivity contribution is 6.30. The number of para-hydroxylation sites is 1.